The predicted octanol–water partition coefficient (Wildman–Crippen LogP) is 0.943. The van der Waals surface area contributed by atoms with Crippen molar-refractivity contribution < 1.29 is 9.59 Å². The minimum atomic E-state index is 0.151. The van der Waals surface area contributed by atoms with Crippen molar-refractivity contribution in [2.45, 2.75) is 38.1 Å². The maximum absolute atomic E-state index is 12.2. The van der Waals surface area contributed by atoms with Crippen LogP contribution >= 0.6 is 11.8 Å². The number of piperidine rings is 2. The largest absolute Gasteiger partial charge is 0.342 e. The highest BCUT2D eigenvalue weighted by Crippen LogP contribution is 2.14. The third-order valence-corrected chi connectivity index (χ3v) is 5.31. The van der Waals surface area contributed by atoms with Crippen LogP contribution in [0, 0.1) is 0 Å². The molecule has 120 valence electrons. The van der Waals surface area contributed by atoms with E-state index >= 15 is 0 Å². The van der Waals surface area contributed by atoms with Gasteiger partial charge >= 0.3 is 0 Å². The number of amides is 2. The first-order chi connectivity index (χ1) is 10.2. The molecule has 21 heavy (non-hydrogen) atoms. The Hall–Kier alpha value is -0.750. The van der Waals surface area contributed by atoms with E-state index in [9.17, 15) is 9.59 Å². The van der Waals surface area contributed by atoms with Gasteiger partial charge in [-0.2, -0.15) is 0 Å². The lowest BCUT2D eigenvalue weighted by Crippen LogP contribution is -2.44. The summed E-state index contributed by atoms with van der Waals surface area (Å²) in [6.07, 6.45) is 5.53. The molecule has 5 nitrogen and oxygen atoms in total. The van der Waals surface area contributed by atoms with Crippen LogP contribution in [-0.4, -0.2) is 72.4 Å². The van der Waals surface area contributed by atoms with Crippen molar-refractivity contribution in [3.8, 4) is 0 Å². The summed E-state index contributed by atoms with van der Waals surface area (Å²) in [6.45, 7) is 3.76. The van der Waals surface area contributed by atoms with Gasteiger partial charge in [-0.05, 0) is 45.2 Å². The van der Waals surface area contributed by atoms with Crippen molar-refractivity contribution >= 4 is 23.6 Å². The molecule has 0 radical (unpaired) electrons. The molecule has 0 spiro atoms. The van der Waals surface area contributed by atoms with E-state index in [2.05, 4.69) is 5.32 Å². The number of hydrogen-bond acceptors (Lipinski definition) is 4. The smallest absolute Gasteiger partial charge is 0.232 e. The first-order valence-corrected chi connectivity index (χ1v) is 9.16. The Morgan fingerprint density at radius 3 is 2.48 bits per heavy atom. The van der Waals surface area contributed by atoms with Crippen LogP contribution in [-0.2, 0) is 9.59 Å². The molecule has 0 unspecified atom stereocenters. The molecule has 0 saturated carbocycles. The maximum Gasteiger partial charge on any atom is 0.232 e. The number of carbonyl (C=O) groups excluding carboxylic acids is 2. The van der Waals surface area contributed by atoms with Crippen LogP contribution in [0.1, 0.15) is 32.1 Å². The molecular weight excluding hydrogens is 286 g/mol. The number of carbonyl (C=O) groups is 2. The van der Waals surface area contributed by atoms with E-state index in [4.69, 9.17) is 0 Å². The van der Waals surface area contributed by atoms with E-state index in [1.807, 2.05) is 16.8 Å². The molecule has 0 atom stereocenters. The monoisotopic (exact) mass is 313 g/mol. The van der Waals surface area contributed by atoms with Crippen molar-refractivity contribution in [3.63, 3.8) is 0 Å². The standard InChI is InChI=1S/C15H27N3O2S/c1-17(13-5-7-16-8-6-13)14(19)11-21-12-15(20)18-9-3-2-4-10-18/h13,16H,2-12H2,1H3. The molecular formula is C15H27N3O2S. The van der Waals surface area contributed by atoms with Gasteiger partial charge in [0, 0.05) is 26.2 Å². The fraction of sp³-hybridized carbons (Fsp3) is 0.867. The summed E-state index contributed by atoms with van der Waals surface area (Å²) in [4.78, 5) is 28.0. The number of rotatable bonds is 5. The van der Waals surface area contributed by atoms with E-state index in [0.29, 0.717) is 17.5 Å². The lowest BCUT2D eigenvalue weighted by Gasteiger charge is -2.31. The summed E-state index contributed by atoms with van der Waals surface area (Å²) in [5.41, 5.74) is 0. The van der Waals surface area contributed by atoms with Crippen molar-refractivity contribution in [1.82, 2.24) is 15.1 Å². The number of nitrogens with zero attached hydrogens (tertiary/aromatic N) is 2. The quantitative estimate of drug-likeness (QED) is 0.821. The first kappa shape index (κ1) is 16.6. The van der Waals surface area contributed by atoms with Crippen LogP contribution in [0.15, 0.2) is 0 Å². The minimum absolute atomic E-state index is 0.151. The molecule has 1 N–H and O–H groups in total. The van der Waals surface area contributed by atoms with Crippen LogP contribution in [0.5, 0.6) is 0 Å². The highest BCUT2D eigenvalue weighted by molar-refractivity contribution is 8.00. The van der Waals surface area contributed by atoms with Gasteiger partial charge in [-0.1, -0.05) is 0 Å². The summed E-state index contributed by atoms with van der Waals surface area (Å²) in [6, 6.07) is 0.358. The number of likely N-dealkylation sites (tertiary alicyclic amines) is 1. The fourth-order valence-corrected chi connectivity index (χ4v) is 3.80. The molecule has 0 aromatic heterocycles. The molecule has 2 fully saturated rings. The van der Waals surface area contributed by atoms with E-state index in [0.717, 1.165) is 51.9 Å². The van der Waals surface area contributed by atoms with E-state index in [-0.39, 0.29) is 11.8 Å². The Labute approximate surface area is 131 Å². The topological polar surface area (TPSA) is 52.7 Å². The lowest BCUT2D eigenvalue weighted by atomic mass is 10.1. The van der Waals surface area contributed by atoms with Gasteiger partial charge in [0.05, 0.1) is 11.5 Å². The molecule has 0 aromatic carbocycles. The average molecular weight is 313 g/mol. The molecule has 0 bridgehead atoms. The first-order valence-electron chi connectivity index (χ1n) is 8.00. The molecule has 6 heteroatoms. The molecule has 2 aliphatic rings. The third-order valence-electron chi connectivity index (χ3n) is 4.41. The molecule has 0 aliphatic carbocycles. The third kappa shape index (κ3) is 5.18. The van der Waals surface area contributed by atoms with Gasteiger partial charge in [-0.25, -0.2) is 0 Å². The zero-order chi connectivity index (χ0) is 15.1. The fourth-order valence-electron chi connectivity index (χ4n) is 2.96. The second kappa shape index (κ2) is 8.63. The zero-order valence-corrected chi connectivity index (χ0v) is 13.8. The molecule has 0 aromatic rings. The normalized spacial score (nSPS) is 20.3. The maximum atomic E-state index is 12.2. The van der Waals surface area contributed by atoms with Crippen LogP contribution in [0.4, 0.5) is 0 Å². The SMILES string of the molecule is CN(C(=O)CSCC(=O)N1CCCCC1)C1CCNCC1. The van der Waals surface area contributed by atoms with Gasteiger partial charge in [0.25, 0.3) is 0 Å². The number of thioether (sulfide) groups is 1. The second-order valence-electron chi connectivity index (χ2n) is 5.92. The number of nitrogens with one attached hydrogen (secondary N) is 1. The summed E-state index contributed by atoms with van der Waals surface area (Å²) in [7, 11) is 1.89. The van der Waals surface area contributed by atoms with Crippen molar-refractivity contribution in [2.24, 2.45) is 0 Å². The zero-order valence-electron chi connectivity index (χ0n) is 13.0. The molecule has 2 amide bonds. The van der Waals surface area contributed by atoms with Crippen LogP contribution in [0.3, 0.4) is 0 Å². The van der Waals surface area contributed by atoms with E-state index in [1.54, 1.807) is 0 Å². The summed E-state index contributed by atoms with van der Waals surface area (Å²) in [5.74, 6) is 1.20. The highest BCUT2D eigenvalue weighted by atomic mass is 32.2. The Kier molecular flexibility index (Phi) is 6.83. The van der Waals surface area contributed by atoms with Gasteiger partial charge < -0.3 is 15.1 Å². The molecule has 2 rings (SSSR count). The minimum Gasteiger partial charge on any atom is -0.342 e. The molecule has 2 aliphatic heterocycles. The highest BCUT2D eigenvalue weighted by Gasteiger charge is 2.22. The molecule has 2 saturated heterocycles. The van der Waals surface area contributed by atoms with Crippen LogP contribution in [0.25, 0.3) is 0 Å². The van der Waals surface area contributed by atoms with Crippen molar-refractivity contribution in [3.05, 3.63) is 0 Å². The Balaban J connectivity index is 1.64. The summed E-state index contributed by atoms with van der Waals surface area (Å²) in [5, 5.41) is 3.31. The van der Waals surface area contributed by atoms with E-state index in [1.165, 1.54) is 18.2 Å². The Morgan fingerprint density at radius 2 is 1.81 bits per heavy atom. The average Bonchev–Trinajstić information content (AvgIpc) is 2.55. The van der Waals surface area contributed by atoms with Gasteiger partial charge in [-0.3, -0.25) is 9.59 Å². The Morgan fingerprint density at radius 1 is 1.14 bits per heavy atom. The van der Waals surface area contributed by atoms with Crippen LogP contribution < -0.4 is 5.32 Å². The Bertz CT molecular complexity index is 353. The van der Waals surface area contributed by atoms with Gasteiger partial charge in [-0.15, -0.1) is 11.8 Å². The predicted molar refractivity (Wildman–Crippen MR) is 86.4 cm³/mol. The van der Waals surface area contributed by atoms with Gasteiger partial charge in [0.2, 0.25) is 11.8 Å². The summed E-state index contributed by atoms with van der Waals surface area (Å²) >= 11 is 1.46. The van der Waals surface area contributed by atoms with Crippen molar-refractivity contribution in [2.75, 3.05) is 44.7 Å². The molecule has 2 heterocycles. The second-order valence-corrected chi connectivity index (χ2v) is 6.91. The van der Waals surface area contributed by atoms with Crippen LogP contribution in [0.2, 0.25) is 0 Å². The summed E-state index contributed by atoms with van der Waals surface area (Å²) < 4.78 is 0. The number of hydrogen-bond donors (Lipinski definition) is 1. The van der Waals surface area contributed by atoms with Gasteiger partial charge in [0.1, 0.15) is 0 Å². The lowest BCUT2D eigenvalue weighted by molar-refractivity contribution is -0.129. The van der Waals surface area contributed by atoms with E-state index < -0.39 is 0 Å². The van der Waals surface area contributed by atoms with Gasteiger partial charge in [0.15, 0.2) is 0 Å². The van der Waals surface area contributed by atoms with Crippen molar-refractivity contribution in [1.29, 1.82) is 0 Å².